The molecule has 0 amide bonds. The maximum atomic E-state index is 9.40. The van der Waals surface area contributed by atoms with E-state index in [9.17, 15) is 10.5 Å². The molecule has 0 radical (unpaired) electrons. The van der Waals surface area contributed by atoms with Crippen LogP contribution in [0.2, 0.25) is 0 Å². The van der Waals surface area contributed by atoms with E-state index in [1.165, 1.54) is 0 Å². The van der Waals surface area contributed by atoms with Gasteiger partial charge in [-0.05, 0) is 31.5 Å². The number of rotatable bonds is 2. The number of nitrogens with one attached hydrogen (secondary N) is 1. The molecule has 1 aromatic carbocycles. The Bertz CT molecular complexity index is 755. The Morgan fingerprint density at radius 2 is 1.82 bits per heavy atom. The third-order valence-corrected chi connectivity index (χ3v) is 4.30. The Kier molecular flexibility index (Phi) is 5.08. The number of nitrogens with zero attached hydrogens (tertiary/aromatic N) is 2. The lowest BCUT2D eigenvalue weighted by atomic mass is 9.86. The van der Waals surface area contributed by atoms with Crippen molar-refractivity contribution in [1.82, 2.24) is 5.32 Å². The lowest BCUT2D eigenvalue weighted by Gasteiger charge is -2.24. The number of hydrogen-bond donors (Lipinski definition) is 1. The predicted octanol–water partition coefficient (Wildman–Crippen LogP) is 4.84. The van der Waals surface area contributed by atoms with Gasteiger partial charge in [-0.3, -0.25) is 0 Å². The summed E-state index contributed by atoms with van der Waals surface area (Å²) in [6, 6.07) is 11.9. The molecule has 0 aromatic heterocycles. The molecular weight excluding hydrogens is 362 g/mol. The molecule has 0 spiro atoms. The van der Waals surface area contributed by atoms with Crippen molar-refractivity contribution >= 4 is 32.6 Å². The highest BCUT2D eigenvalue weighted by Gasteiger charge is 2.26. The predicted molar refractivity (Wildman–Crippen MR) is 91.2 cm³/mol. The Labute approximate surface area is 143 Å². The topological polar surface area (TPSA) is 59.6 Å². The van der Waals surface area contributed by atoms with Gasteiger partial charge in [0.15, 0.2) is 0 Å². The van der Waals surface area contributed by atoms with E-state index in [0.29, 0.717) is 16.2 Å². The summed E-state index contributed by atoms with van der Waals surface area (Å²) in [5.41, 5.74) is 3.35. The minimum atomic E-state index is -0.428. The van der Waals surface area contributed by atoms with Gasteiger partial charge in [0.1, 0.15) is 0 Å². The second-order valence-corrected chi connectivity index (χ2v) is 6.25. The Morgan fingerprint density at radius 1 is 1.23 bits per heavy atom. The van der Waals surface area contributed by atoms with Crippen LogP contribution in [0.4, 0.5) is 0 Å². The molecule has 5 heteroatoms. The number of allylic oxidation sites excluding steroid dienone is 5. The number of hydrogen-bond acceptors (Lipinski definition) is 3. The molecule has 3 nitrogen and oxygen atoms in total. The Hall–Kier alpha value is -2.01. The van der Waals surface area contributed by atoms with Gasteiger partial charge in [0.05, 0.1) is 29.2 Å². The van der Waals surface area contributed by atoms with Gasteiger partial charge in [0.2, 0.25) is 0 Å². The zero-order valence-corrected chi connectivity index (χ0v) is 14.5. The zero-order valence-electron chi connectivity index (χ0n) is 12.1. The largest absolute Gasteiger partial charge is 0.361 e. The third kappa shape index (κ3) is 3.25. The average Bonchev–Trinajstić information content (AvgIpc) is 2.47. The van der Waals surface area contributed by atoms with Gasteiger partial charge in [0.25, 0.3) is 0 Å². The van der Waals surface area contributed by atoms with Gasteiger partial charge in [-0.2, -0.15) is 10.5 Å². The number of benzene rings is 1. The molecule has 0 saturated carbocycles. The normalized spacial score (nSPS) is 16.2. The van der Waals surface area contributed by atoms with Gasteiger partial charge in [0, 0.05) is 20.9 Å². The van der Waals surface area contributed by atoms with Crippen molar-refractivity contribution in [2.24, 2.45) is 5.92 Å². The molecule has 1 aromatic rings. The summed E-state index contributed by atoms with van der Waals surface area (Å²) in [6.45, 7) is 3.65. The average molecular weight is 375 g/mol. The van der Waals surface area contributed by atoms with Crippen LogP contribution in [0.1, 0.15) is 19.4 Å². The molecule has 2 rings (SSSR count). The maximum absolute atomic E-state index is 9.40. The van der Waals surface area contributed by atoms with Crippen molar-refractivity contribution in [1.29, 1.82) is 10.5 Å². The molecule has 1 N–H and O–H groups in total. The quantitative estimate of drug-likeness (QED) is 0.805. The molecule has 0 aliphatic carbocycles. The summed E-state index contributed by atoms with van der Waals surface area (Å²) >= 11 is 9.81. The van der Waals surface area contributed by atoms with Crippen LogP contribution in [0.15, 0.2) is 57.4 Å². The molecule has 1 aliphatic heterocycles. The molecular formula is C17H13BrClN3. The minimum absolute atomic E-state index is 0.428. The van der Waals surface area contributed by atoms with Gasteiger partial charge in [-0.15, -0.1) is 0 Å². The van der Waals surface area contributed by atoms with Crippen LogP contribution in [-0.2, 0) is 0 Å². The molecule has 0 fully saturated rings. The fourth-order valence-electron chi connectivity index (χ4n) is 2.38. The summed E-state index contributed by atoms with van der Waals surface area (Å²) in [5, 5.41) is 22.4. The molecule has 1 heterocycles. The monoisotopic (exact) mass is 373 g/mol. The van der Waals surface area contributed by atoms with Gasteiger partial charge < -0.3 is 5.32 Å². The van der Waals surface area contributed by atoms with Gasteiger partial charge in [-0.25, -0.2) is 0 Å². The Balaban J connectivity index is 2.52. The van der Waals surface area contributed by atoms with Crippen LogP contribution < -0.4 is 5.32 Å². The van der Waals surface area contributed by atoms with E-state index in [1.54, 1.807) is 6.08 Å². The first-order valence-corrected chi connectivity index (χ1v) is 7.77. The molecule has 1 aliphatic rings. The molecule has 22 heavy (non-hydrogen) atoms. The van der Waals surface area contributed by atoms with E-state index in [4.69, 9.17) is 11.6 Å². The lowest BCUT2D eigenvalue weighted by molar-refractivity contribution is 0.799. The maximum Gasteiger partial charge on any atom is 0.0975 e. The first kappa shape index (κ1) is 16.4. The number of dihydropyridines is 1. The SMILES string of the molecule is CC1=C(C#N)C(/C=C(/Cl)c2cccc(Br)c2)C(C#N)=C(C)N1. The van der Waals surface area contributed by atoms with Gasteiger partial charge in [-0.1, -0.05) is 45.7 Å². The lowest BCUT2D eigenvalue weighted by Crippen LogP contribution is -2.23. The van der Waals surface area contributed by atoms with Crippen molar-refractivity contribution in [3.8, 4) is 12.1 Å². The van der Waals surface area contributed by atoms with Crippen LogP contribution in [0.25, 0.3) is 5.03 Å². The van der Waals surface area contributed by atoms with Crippen molar-refractivity contribution in [2.75, 3.05) is 0 Å². The number of halogens is 2. The standard InChI is InChI=1S/C17H13BrClN3/c1-10-15(8-20)14(16(9-21)11(2)22-10)7-17(19)12-4-3-5-13(18)6-12/h3-7,14,22H,1-2H3/b17-7+. The minimum Gasteiger partial charge on any atom is -0.361 e. The molecule has 0 unspecified atom stereocenters. The van der Waals surface area contributed by atoms with Crippen LogP contribution in [0.5, 0.6) is 0 Å². The highest BCUT2D eigenvalue weighted by Crippen LogP contribution is 2.33. The second-order valence-electron chi connectivity index (χ2n) is 4.93. The van der Waals surface area contributed by atoms with Crippen LogP contribution >= 0.6 is 27.5 Å². The van der Waals surface area contributed by atoms with Crippen LogP contribution in [0.3, 0.4) is 0 Å². The van der Waals surface area contributed by atoms with E-state index in [2.05, 4.69) is 33.4 Å². The van der Waals surface area contributed by atoms with Crippen LogP contribution in [-0.4, -0.2) is 0 Å². The smallest absolute Gasteiger partial charge is 0.0975 e. The summed E-state index contributed by atoms with van der Waals surface area (Å²) in [6.07, 6.45) is 1.76. The second kappa shape index (κ2) is 6.83. The summed E-state index contributed by atoms with van der Waals surface area (Å²) < 4.78 is 0.918. The van der Waals surface area contributed by atoms with E-state index >= 15 is 0 Å². The first-order valence-electron chi connectivity index (χ1n) is 6.60. The van der Waals surface area contributed by atoms with Crippen molar-refractivity contribution < 1.29 is 0 Å². The van der Waals surface area contributed by atoms with Crippen LogP contribution in [0, 0.1) is 28.6 Å². The van der Waals surface area contributed by atoms with Crippen molar-refractivity contribution in [3.05, 3.63) is 62.9 Å². The van der Waals surface area contributed by atoms with E-state index in [0.717, 1.165) is 21.4 Å². The van der Waals surface area contributed by atoms with Crippen molar-refractivity contribution in [2.45, 2.75) is 13.8 Å². The van der Waals surface area contributed by atoms with E-state index in [1.807, 2.05) is 38.1 Å². The highest BCUT2D eigenvalue weighted by atomic mass is 79.9. The number of nitriles is 2. The summed E-state index contributed by atoms with van der Waals surface area (Å²) in [7, 11) is 0. The van der Waals surface area contributed by atoms with Crippen molar-refractivity contribution in [3.63, 3.8) is 0 Å². The summed E-state index contributed by atoms with van der Waals surface area (Å²) in [4.78, 5) is 0. The molecule has 110 valence electrons. The zero-order chi connectivity index (χ0) is 16.3. The summed E-state index contributed by atoms with van der Waals surface area (Å²) in [5.74, 6) is -0.428. The Morgan fingerprint density at radius 3 is 2.32 bits per heavy atom. The van der Waals surface area contributed by atoms with E-state index in [-0.39, 0.29) is 0 Å². The molecule has 0 saturated heterocycles. The third-order valence-electron chi connectivity index (χ3n) is 3.46. The first-order chi connectivity index (χ1) is 10.5. The van der Waals surface area contributed by atoms with E-state index < -0.39 is 5.92 Å². The fraction of sp³-hybridized carbons (Fsp3) is 0.176. The molecule has 0 atom stereocenters. The molecule has 0 bridgehead atoms. The fourth-order valence-corrected chi connectivity index (χ4v) is 3.02. The van der Waals surface area contributed by atoms with Gasteiger partial charge >= 0.3 is 0 Å². The highest BCUT2D eigenvalue weighted by molar-refractivity contribution is 9.10.